The summed E-state index contributed by atoms with van der Waals surface area (Å²) in [5.41, 5.74) is 0. The second-order valence-corrected chi connectivity index (χ2v) is 20.4. The van der Waals surface area contributed by atoms with E-state index in [1.165, 1.54) is 154 Å². The first kappa shape index (κ1) is 67.6. The smallest absolute Gasteiger partial charge is 0.306 e. The molecule has 6 unspecified atom stereocenters. The molecular formula is C63H112O9. The Morgan fingerprint density at radius 3 is 1.28 bits per heavy atom. The van der Waals surface area contributed by atoms with E-state index in [4.69, 9.17) is 18.9 Å². The van der Waals surface area contributed by atoms with Crippen LogP contribution in [0.2, 0.25) is 0 Å². The maximum absolute atomic E-state index is 12.9. The number of rotatable bonds is 52. The van der Waals surface area contributed by atoms with Crippen molar-refractivity contribution in [3.05, 3.63) is 72.9 Å². The third kappa shape index (κ3) is 42.9. The molecule has 0 amide bonds. The van der Waals surface area contributed by atoms with Crippen LogP contribution in [-0.4, -0.2) is 89.6 Å². The topological polar surface area (TPSA) is 135 Å². The van der Waals surface area contributed by atoms with Crippen molar-refractivity contribution in [1.82, 2.24) is 0 Å². The fourth-order valence-corrected chi connectivity index (χ4v) is 9.03. The highest BCUT2D eigenvalue weighted by molar-refractivity contribution is 5.69. The molecule has 1 aliphatic rings. The summed E-state index contributed by atoms with van der Waals surface area (Å²) in [6, 6.07) is 0. The van der Waals surface area contributed by atoms with Crippen LogP contribution in [0, 0.1) is 0 Å². The molecule has 0 radical (unpaired) electrons. The minimum Gasteiger partial charge on any atom is -0.457 e. The predicted octanol–water partition coefficient (Wildman–Crippen LogP) is 15.9. The third-order valence-corrected chi connectivity index (χ3v) is 13.6. The van der Waals surface area contributed by atoms with E-state index < -0.39 is 43.4 Å². The van der Waals surface area contributed by atoms with Crippen molar-refractivity contribution >= 4 is 5.97 Å². The zero-order chi connectivity index (χ0) is 52.1. The van der Waals surface area contributed by atoms with Crippen LogP contribution < -0.4 is 0 Å². The average Bonchev–Trinajstić information content (AvgIpc) is 3.38. The highest BCUT2D eigenvalue weighted by Gasteiger charge is 2.44. The van der Waals surface area contributed by atoms with Gasteiger partial charge in [0.05, 0.1) is 19.8 Å². The molecule has 0 saturated carbocycles. The van der Waals surface area contributed by atoms with Crippen molar-refractivity contribution in [2.75, 3.05) is 26.4 Å². The Hall–Kier alpha value is -2.37. The molecule has 0 aliphatic carbocycles. The van der Waals surface area contributed by atoms with Crippen molar-refractivity contribution in [2.45, 2.75) is 295 Å². The van der Waals surface area contributed by atoms with Gasteiger partial charge in [-0.2, -0.15) is 0 Å². The van der Waals surface area contributed by atoms with Crippen molar-refractivity contribution in [1.29, 1.82) is 0 Å². The van der Waals surface area contributed by atoms with Crippen molar-refractivity contribution < 1.29 is 44.2 Å². The second kappa shape index (κ2) is 53.5. The van der Waals surface area contributed by atoms with E-state index in [2.05, 4.69) is 86.8 Å². The number of ether oxygens (including phenoxy) is 4. The molecule has 1 rings (SSSR count). The van der Waals surface area contributed by atoms with Gasteiger partial charge >= 0.3 is 5.97 Å². The number of carbonyl (C=O) groups is 1. The summed E-state index contributed by atoms with van der Waals surface area (Å²) in [5.74, 6) is -0.325. The minimum absolute atomic E-state index is 0.120. The Kier molecular flexibility index (Phi) is 50.2. The molecule has 0 aromatic rings. The van der Waals surface area contributed by atoms with Gasteiger partial charge < -0.3 is 39.4 Å². The van der Waals surface area contributed by atoms with Crippen LogP contribution in [0.15, 0.2) is 72.9 Å². The number of esters is 1. The molecule has 0 aromatic heterocycles. The van der Waals surface area contributed by atoms with Crippen LogP contribution in [0.3, 0.4) is 0 Å². The fraction of sp³-hybridized carbons (Fsp3) is 0.794. The van der Waals surface area contributed by atoms with Crippen LogP contribution >= 0.6 is 0 Å². The largest absolute Gasteiger partial charge is 0.457 e. The molecule has 1 saturated heterocycles. The number of aliphatic hydroxyl groups is 4. The molecule has 1 heterocycles. The van der Waals surface area contributed by atoms with Crippen molar-refractivity contribution in [3.8, 4) is 0 Å². The van der Waals surface area contributed by atoms with E-state index in [0.717, 1.165) is 83.5 Å². The summed E-state index contributed by atoms with van der Waals surface area (Å²) in [4.78, 5) is 12.9. The van der Waals surface area contributed by atoms with Gasteiger partial charge in [-0.3, -0.25) is 4.79 Å². The summed E-state index contributed by atoms with van der Waals surface area (Å²) in [7, 11) is 0. The van der Waals surface area contributed by atoms with Gasteiger partial charge in [0.1, 0.15) is 30.5 Å². The minimum atomic E-state index is -1.54. The number of hydrogen-bond donors (Lipinski definition) is 4. The van der Waals surface area contributed by atoms with Gasteiger partial charge in [-0.25, -0.2) is 0 Å². The van der Waals surface area contributed by atoms with Crippen LogP contribution in [0.25, 0.3) is 0 Å². The first-order valence-electron chi connectivity index (χ1n) is 30.0. The second-order valence-electron chi connectivity index (χ2n) is 20.4. The Bertz CT molecular complexity index is 1340. The van der Waals surface area contributed by atoms with Crippen LogP contribution in [0.4, 0.5) is 0 Å². The molecule has 1 fully saturated rings. The van der Waals surface area contributed by atoms with E-state index in [1.807, 2.05) is 0 Å². The Balaban J connectivity index is 2.16. The summed E-state index contributed by atoms with van der Waals surface area (Å²) >= 11 is 0. The lowest BCUT2D eigenvalue weighted by Gasteiger charge is -2.39. The molecule has 0 aromatic carbocycles. The molecule has 6 atom stereocenters. The summed E-state index contributed by atoms with van der Waals surface area (Å²) < 4.78 is 23.0. The van der Waals surface area contributed by atoms with Crippen LogP contribution in [0.5, 0.6) is 0 Å². The average molecular weight is 1010 g/mol. The number of hydrogen-bond acceptors (Lipinski definition) is 9. The van der Waals surface area contributed by atoms with E-state index in [9.17, 15) is 25.2 Å². The fourth-order valence-electron chi connectivity index (χ4n) is 9.03. The van der Waals surface area contributed by atoms with Gasteiger partial charge in [0, 0.05) is 13.0 Å². The maximum Gasteiger partial charge on any atom is 0.306 e. The predicted molar refractivity (Wildman–Crippen MR) is 302 cm³/mol. The number of carbonyl (C=O) groups excluding carboxylic acids is 1. The summed E-state index contributed by atoms with van der Waals surface area (Å²) in [5, 5.41) is 40.4. The van der Waals surface area contributed by atoms with Gasteiger partial charge in [-0.15, -0.1) is 0 Å². The van der Waals surface area contributed by atoms with Crippen molar-refractivity contribution in [2.24, 2.45) is 0 Å². The van der Waals surface area contributed by atoms with Gasteiger partial charge in [-0.05, 0) is 64.2 Å². The number of allylic oxidation sites excluding steroid dienone is 12. The molecule has 418 valence electrons. The quantitative estimate of drug-likeness (QED) is 0.0267. The molecule has 1 aliphatic heterocycles. The molecule has 4 N–H and O–H groups in total. The Morgan fingerprint density at radius 1 is 0.458 bits per heavy atom. The highest BCUT2D eigenvalue weighted by Crippen LogP contribution is 2.23. The first-order chi connectivity index (χ1) is 35.4. The maximum atomic E-state index is 12.9. The monoisotopic (exact) mass is 1010 g/mol. The van der Waals surface area contributed by atoms with E-state index >= 15 is 0 Å². The summed E-state index contributed by atoms with van der Waals surface area (Å²) in [6.07, 6.45) is 65.2. The zero-order valence-electron chi connectivity index (χ0n) is 46.4. The molecule has 72 heavy (non-hydrogen) atoms. The standard InChI is InChI=1S/C63H112O9/c1-3-5-7-9-11-13-15-17-19-21-23-25-27-29-30-32-34-36-38-40-42-44-46-48-50-52-59(65)71-57(56-70-63-62(68)61(67)60(66)58(54-64)72-63)55-69-53-51-49-47-45-43-41-39-37-35-33-31-28-26-24-22-20-18-16-14-12-10-8-6-4-2/h5,7,11,13,17,19,23,25,29-30,34,36,57-58,60-64,66-68H,3-4,6,8-10,12,14-16,18,20-22,24,26-28,31-33,35,37-56H2,1-2H3/b7-5-,13-11-,19-17-,25-23-,30-29-,36-34-. The van der Waals surface area contributed by atoms with Gasteiger partial charge in [0.2, 0.25) is 0 Å². The van der Waals surface area contributed by atoms with Gasteiger partial charge in [-0.1, -0.05) is 260 Å². The van der Waals surface area contributed by atoms with E-state index in [1.54, 1.807) is 0 Å². The lowest BCUT2D eigenvalue weighted by molar-refractivity contribution is -0.305. The zero-order valence-corrected chi connectivity index (χ0v) is 46.4. The molecule has 0 bridgehead atoms. The van der Waals surface area contributed by atoms with Crippen molar-refractivity contribution in [3.63, 3.8) is 0 Å². The van der Waals surface area contributed by atoms with E-state index in [-0.39, 0.29) is 19.2 Å². The summed E-state index contributed by atoms with van der Waals surface area (Å²) in [6.45, 7) is 4.47. The Labute approximate surface area is 442 Å². The van der Waals surface area contributed by atoms with Crippen LogP contribution in [0.1, 0.15) is 258 Å². The van der Waals surface area contributed by atoms with Crippen LogP contribution in [-0.2, 0) is 23.7 Å². The number of unbranched alkanes of at least 4 members (excludes halogenated alkanes) is 29. The van der Waals surface area contributed by atoms with E-state index in [0.29, 0.717) is 13.0 Å². The highest BCUT2D eigenvalue weighted by atomic mass is 16.7. The molecule has 9 nitrogen and oxygen atoms in total. The first-order valence-corrected chi connectivity index (χ1v) is 30.0. The molecular weight excluding hydrogens is 901 g/mol. The van der Waals surface area contributed by atoms with Gasteiger partial charge in [0.15, 0.2) is 6.29 Å². The third-order valence-electron chi connectivity index (χ3n) is 13.6. The normalized spacial score (nSPS) is 19.2. The van der Waals surface area contributed by atoms with Gasteiger partial charge in [0.25, 0.3) is 0 Å². The molecule has 9 heteroatoms. The Morgan fingerprint density at radius 2 is 0.847 bits per heavy atom. The molecule has 0 spiro atoms. The lowest BCUT2D eigenvalue weighted by Crippen LogP contribution is -2.59. The SMILES string of the molecule is CC/C=C\C/C=C\C/C=C\C/C=C\C/C=C\C/C=C\CCCCCCCCC(=O)OC(COCCCCCCCCCCCCCCCCCCCCCCCCCC)COC1OC(CO)C(O)C(O)C1O. The number of aliphatic hydroxyl groups excluding tert-OH is 4. The lowest BCUT2D eigenvalue weighted by atomic mass is 9.99.